The Kier molecular flexibility index (Phi) is 10.3. The molecule has 0 saturated heterocycles. The van der Waals surface area contributed by atoms with Gasteiger partial charge in [-0.25, -0.2) is 13.1 Å². The Hall–Kier alpha value is -2.63. The second-order valence-electron chi connectivity index (χ2n) is 14.0. The third-order valence-corrected chi connectivity index (χ3v) is 13.0. The number of carbonyl (C=O) groups is 1. The summed E-state index contributed by atoms with van der Waals surface area (Å²) in [5.74, 6) is 0.255. The van der Waals surface area contributed by atoms with Crippen LogP contribution in [0.5, 0.6) is 5.75 Å². The molecular weight excluding hydrogens is 640 g/mol. The lowest BCUT2D eigenvalue weighted by molar-refractivity contribution is 0.0131. The van der Waals surface area contributed by atoms with Crippen LogP contribution in [0.2, 0.25) is 5.02 Å². The number of hydrogen-bond donors (Lipinski definition) is 2. The summed E-state index contributed by atoms with van der Waals surface area (Å²) in [4.78, 5) is 16.0. The number of nitrogens with zero attached hydrogens (tertiary/aromatic N) is 1. The van der Waals surface area contributed by atoms with Crippen molar-refractivity contribution in [2.45, 2.75) is 74.7 Å². The zero-order chi connectivity index (χ0) is 33.3. The molecule has 1 saturated carbocycles. The van der Waals surface area contributed by atoms with Crippen molar-refractivity contribution < 1.29 is 32.5 Å². The Bertz CT molecular complexity index is 1600. The molecule has 11 heteroatoms. The molecule has 4 aliphatic rings. The number of benzene rings is 2. The average Bonchev–Trinajstić information content (AvgIpc) is 3.17. The number of fused-ring (bicyclic) bond motifs is 4. The number of amides is 1. The number of ether oxygens (including phenoxy) is 3. The Morgan fingerprint density at radius 1 is 1.19 bits per heavy atom. The van der Waals surface area contributed by atoms with Crippen molar-refractivity contribution in [1.29, 1.82) is 0 Å². The lowest BCUT2D eigenvalue weighted by Crippen LogP contribution is -2.49. The van der Waals surface area contributed by atoms with E-state index in [4.69, 9.17) is 25.8 Å². The minimum Gasteiger partial charge on any atom is -0.490 e. The van der Waals surface area contributed by atoms with Crippen LogP contribution in [0, 0.1) is 17.8 Å². The largest absolute Gasteiger partial charge is 0.490 e. The molecule has 256 valence electrons. The molecule has 0 aromatic heterocycles. The summed E-state index contributed by atoms with van der Waals surface area (Å²) in [5, 5.41) is 10.3. The van der Waals surface area contributed by atoms with E-state index in [9.17, 15) is 18.3 Å². The number of halogens is 1. The number of carbonyl (C=O) groups excluding carboxylic acids is 1. The highest BCUT2D eigenvalue weighted by molar-refractivity contribution is 7.90. The fourth-order valence-electron chi connectivity index (χ4n) is 8.22. The number of aliphatic hydroxyl groups is 1. The lowest BCUT2D eigenvalue weighted by atomic mass is 9.68. The molecule has 2 aliphatic carbocycles. The molecule has 1 amide bonds. The quantitative estimate of drug-likeness (QED) is 0.409. The van der Waals surface area contributed by atoms with Gasteiger partial charge in [-0.1, -0.05) is 36.7 Å². The monoisotopic (exact) mass is 686 g/mol. The molecule has 1 spiro atoms. The number of allylic oxidation sites excluding steroid dienone is 1. The fraction of sp³-hybridized carbons (Fsp3) is 0.583. The van der Waals surface area contributed by atoms with Gasteiger partial charge in [0.2, 0.25) is 10.0 Å². The second-order valence-corrected chi connectivity index (χ2v) is 16.3. The van der Waals surface area contributed by atoms with E-state index in [-0.39, 0.29) is 36.0 Å². The molecule has 0 radical (unpaired) electrons. The molecule has 0 unspecified atom stereocenters. The topological polar surface area (TPSA) is 114 Å². The third kappa shape index (κ3) is 7.08. The van der Waals surface area contributed by atoms with Gasteiger partial charge in [-0.3, -0.25) is 4.79 Å². The lowest BCUT2D eigenvalue weighted by Gasteiger charge is -2.46. The molecule has 6 rings (SSSR count). The van der Waals surface area contributed by atoms with Crippen molar-refractivity contribution in [3.05, 3.63) is 70.3 Å². The van der Waals surface area contributed by atoms with Gasteiger partial charge in [-0.15, -0.1) is 0 Å². The highest BCUT2D eigenvalue weighted by Crippen LogP contribution is 2.47. The van der Waals surface area contributed by atoms with Gasteiger partial charge in [0.1, 0.15) is 5.75 Å². The summed E-state index contributed by atoms with van der Waals surface area (Å²) in [5.41, 5.74) is 3.27. The van der Waals surface area contributed by atoms with Gasteiger partial charge < -0.3 is 24.2 Å². The molecule has 2 aromatic carbocycles. The summed E-state index contributed by atoms with van der Waals surface area (Å²) in [6, 6.07) is 11.4. The summed E-state index contributed by atoms with van der Waals surface area (Å²) < 4.78 is 47.6. The molecule has 9 nitrogen and oxygen atoms in total. The van der Waals surface area contributed by atoms with Crippen LogP contribution < -0.4 is 14.4 Å². The van der Waals surface area contributed by atoms with E-state index in [1.54, 1.807) is 25.3 Å². The van der Waals surface area contributed by atoms with Gasteiger partial charge >= 0.3 is 0 Å². The van der Waals surface area contributed by atoms with Crippen LogP contribution in [0.4, 0.5) is 5.69 Å². The van der Waals surface area contributed by atoms with E-state index in [2.05, 4.69) is 27.8 Å². The van der Waals surface area contributed by atoms with E-state index in [0.717, 1.165) is 49.4 Å². The van der Waals surface area contributed by atoms with E-state index in [1.165, 1.54) is 18.2 Å². The number of rotatable bonds is 5. The first kappa shape index (κ1) is 34.2. The zero-order valence-corrected chi connectivity index (χ0v) is 29.1. The standard InChI is InChI=1S/C36H47ClN2O7S/c1-23-6-4-8-32(45-3)29-12-9-26(29)19-39-21-36(15-5-7-24-16-27(37)11-13-30(24)36)22-46-33-14-10-25(17-31(33)39)35(41)38-47(42,43)34(23)18-28(40)20-44-2/h4,8,10-11,13-14,16-17,23,26,28-29,32,34,40H,5-7,9,12,15,18-22H2,1-3H3,(H,38,41)/b8-4-/t23-,26-,28-,29+,32-,34+,36-/m0/s1. The van der Waals surface area contributed by atoms with Crippen LogP contribution >= 0.6 is 11.6 Å². The number of methoxy groups -OCH3 is 2. The van der Waals surface area contributed by atoms with Gasteiger partial charge in [0.05, 0.1) is 36.4 Å². The molecular formula is C36H47ClN2O7S. The Balaban J connectivity index is 1.41. The molecule has 2 heterocycles. The van der Waals surface area contributed by atoms with Gasteiger partial charge in [0.25, 0.3) is 5.91 Å². The Labute approximate surface area is 283 Å². The van der Waals surface area contributed by atoms with Crippen molar-refractivity contribution in [2.24, 2.45) is 17.8 Å². The minimum atomic E-state index is -4.18. The number of sulfonamides is 1. The molecule has 2 aliphatic heterocycles. The highest BCUT2D eigenvalue weighted by Gasteiger charge is 2.44. The molecule has 47 heavy (non-hydrogen) atoms. The fourth-order valence-corrected chi connectivity index (χ4v) is 10.1. The number of anilines is 1. The first-order valence-corrected chi connectivity index (χ1v) is 18.7. The molecule has 7 atom stereocenters. The van der Waals surface area contributed by atoms with E-state index in [1.807, 2.05) is 19.1 Å². The maximum atomic E-state index is 13.8. The maximum Gasteiger partial charge on any atom is 0.264 e. The number of nitrogens with one attached hydrogen (secondary N) is 1. The third-order valence-electron chi connectivity index (χ3n) is 10.9. The van der Waals surface area contributed by atoms with Gasteiger partial charge in [0, 0.05) is 43.3 Å². The van der Waals surface area contributed by atoms with Crippen LogP contribution in [0.3, 0.4) is 0 Å². The van der Waals surface area contributed by atoms with Gasteiger partial charge in [-0.05, 0) is 104 Å². The molecule has 2 N–H and O–H groups in total. The van der Waals surface area contributed by atoms with Gasteiger partial charge in [-0.2, -0.15) is 0 Å². The number of aryl methyl sites for hydroxylation is 1. The van der Waals surface area contributed by atoms with Crippen molar-refractivity contribution in [2.75, 3.05) is 45.4 Å². The van der Waals surface area contributed by atoms with Crippen molar-refractivity contribution in [3.8, 4) is 5.75 Å². The predicted molar refractivity (Wildman–Crippen MR) is 183 cm³/mol. The van der Waals surface area contributed by atoms with Crippen LogP contribution in [0.15, 0.2) is 48.6 Å². The molecule has 2 aromatic rings. The highest BCUT2D eigenvalue weighted by atomic mass is 35.5. The second kappa shape index (κ2) is 14.1. The molecule has 1 fully saturated rings. The van der Waals surface area contributed by atoms with Crippen molar-refractivity contribution in [3.63, 3.8) is 0 Å². The predicted octanol–water partition coefficient (Wildman–Crippen LogP) is 5.28. The van der Waals surface area contributed by atoms with Crippen LogP contribution in [-0.4, -0.2) is 77.4 Å². The van der Waals surface area contributed by atoms with E-state index >= 15 is 0 Å². The summed E-state index contributed by atoms with van der Waals surface area (Å²) in [7, 11) is -0.986. The van der Waals surface area contributed by atoms with Crippen molar-refractivity contribution >= 4 is 33.2 Å². The zero-order valence-electron chi connectivity index (χ0n) is 27.5. The Morgan fingerprint density at radius 3 is 2.77 bits per heavy atom. The SMILES string of the molecule is COC[C@@H](O)C[C@@H]1[C@@H](C)C/C=C\[C@H](OC)[C@@H]2CC[C@H]2CN2C[C@@]3(CCCc4cc(Cl)ccc43)COc3ccc(cc32)C(=O)NS1(=O)=O. The van der Waals surface area contributed by atoms with E-state index < -0.39 is 27.3 Å². The molecule has 2 bridgehead atoms. The first-order valence-electron chi connectivity index (χ1n) is 16.8. The van der Waals surface area contributed by atoms with Gasteiger partial charge in [0.15, 0.2) is 0 Å². The Morgan fingerprint density at radius 2 is 2.02 bits per heavy atom. The number of hydrogen-bond acceptors (Lipinski definition) is 8. The van der Waals surface area contributed by atoms with E-state index in [0.29, 0.717) is 37.2 Å². The minimum absolute atomic E-state index is 0.00297. The summed E-state index contributed by atoms with van der Waals surface area (Å²) in [6.07, 6.45) is 8.39. The maximum absolute atomic E-state index is 13.8. The van der Waals surface area contributed by atoms with Crippen molar-refractivity contribution in [1.82, 2.24) is 4.72 Å². The van der Waals surface area contributed by atoms with Crippen LogP contribution in [0.25, 0.3) is 0 Å². The van der Waals surface area contributed by atoms with Crippen LogP contribution in [0.1, 0.15) is 66.9 Å². The summed E-state index contributed by atoms with van der Waals surface area (Å²) >= 11 is 6.42. The number of aliphatic hydroxyl groups excluding tert-OH is 1. The normalized spacial score (nSPS) is 31.7. The smallest absolute Gasteiger partial charge is 0.264 e. The summed E-state index contributed by atoms with van der Waals surface area (Å²) in [6.45, 7) is 3.79. The first-order chi connectivity index (χ1) is 22.5. The average molecular weight is 687 g/mol. The van der Waals surface area contributed by atoms with Crippen LogP contribution in [-0.2, 0) is 31.3 Å².